The number of anilines is 1. The number of carbonyl (C=O) groups excluding carboxylic acids is 2. The molecule has 3 heterocycles. The molecule has 0 spiro atoms. The minimum absolute atomic E-state index is 0.0342. The van der Waals surface area contributed by atoms with Crippen molar-refractivity contribution in [1.29, 1.82) is 0 Å². The fourth-order valence-electron chi connectivity index (χ4n) is 3.27. The lowest BCUT2D eigenvalue weighted by molar-refractivity contribution is -0.136. The Hall–Kier alpha value is -3.73. The van der Waals surface area contributed by atoms with Crippen molar-refractivity contribution in [2.75, 3.05) is 26.6 Å². The number of hydrogen-bond donors (Lipinski definition) is 1. The maximum absolute atomic E-state index is 13.5. The number of methoxy groups -OCH3 is 3. The number of tetrazole rings is 1. The zero-order valence-electron chi connectivity index (χ0n) is 16.3. The number of hydrogen-bond acceptors (Lipinski definition) is 10. The highest BCUT2D eigenvalue weighted by atomic mass is 32.1. The van der Waals surface area contributed by atoms with Crippen molar-refractivity contribution in [3.05, 3.63) is 57.4 Å². The Morgan fingerprint density at radius 2 is 2.00 bits per heavy atom. The number of Topliss-reactive ketones (excluding diaryl/α,β-unsaturated/α-hetero) is 1. The predicted octanol–water partition coefficient (Wildman–Crippen LogP) is 2.08. The van der Waals surface area contributed by atoms with Crippen LogP contribution in [0.5, 0.6) is 11.5 Å². The van der Waals surface area contributed by atoms with E-state index in [1.165, 1.54) is 37.3 Å². The molecule has 1 aromatic carbocycles. The normalized spacial score (nSPS) is 15.2. The predicted molar refractivity (Wildman–Crippen MR) is 107 cm³/mol. The van der Waals surface area contributed by atoms with E-state index in [0.29, 0.717) is 21.9 Å². The molecule has 10 nitrogen and oxygen atoms in total. The van der Waals surface area contributed by atoms with Crippen LogP contribution in [0.4, 0.5) is 5.95 Å². The molecule has 11 heteroatoms. The van der Waals surface area contributed by atoms with Gasteiger partial charge in [0.25, 0.3) is 0 Å². The first-order valence-electron chi connectivity index (χ1n) is 8.76. The lowest BCUT2D eigenvalue weighted by atomic mass is 9.91. The second-order valence-corrected chi connectivity index (χ2v) is 7.12. The quantitative estimate of drug-likeness (QED) is 0.466. The molecule has 0 amide bonds. The molecule has 30 heavy (non-hydrogen) atoms. The lowest BCUT2D eigenvalue weighted by Gasteiger charge is -2.28. The number of thiophene rings is 1. The number of carbonyl (C=O) groups is 2. The number of nitrogens with zero attached hydrogens (tertiary/aromatic N) is 4. The fourth-order valence-corrected chi connectivity index (χ4v) is 3.95. The number of benzene rings is 1. The average Bonchev–Trinajstić information content (AvgIpc) is 3.48. The molecule has 0 saturated heterocycles. The zero-order valence-corrected chi connectivity index (χ0v) is 17.1. The van der Waals surface area contributed by atoms with E-state index in [2.05, 4.69) is 20.8 Å². The summed E-state index contributed by atoms with van der Waals surface area (Å²) in [5, 5.41) is 16.3. The van der Waals surface area contributed by atoms with E-state index >= 15 is 0 Å². The van der Waals surface area contributed by atoms with E-state index < -0.39 is 12.0 Å². The fraction of sp³-hybridized carbons (Fsp3) is 0.211. The Kier molecular flexibility index (Phi) is 5.19. The monoisotopic (exact) mass is 427 g/mol. The highest BCUT2D eigenvalue weighted by molar-refractivity contribution is 7.12. The first-order valence-corrected chi connectivity index (χ1v) is 9.64. The van der Waals surface area contributed by atoms with Crippen molar-refractivity contribution >= 4 is 29.0 Å². The molecule has 0 bridgehead atoms. The van der Waals surface area contributed by atoms with Gasteiger partial charge in [-0.2, -0.15) is 4.68 Å². The van der Waals surface area contributed by atoms with E-state index in [4.69, 9.17) is 14.2 Å². The molecule has 3 aromatic rings. The van der Waals surface area contributed by atoms with Crippen molar-refractivity contribution in [2.24, 2.45) is 0 Å². The largest absolute Gasteiger partial charge is 0.497 e. The molecule has 2 aromatic heterocycles. The molecular weight excluding hydrogens is 410 g/mol. The molecule has 1 aliphatic heterocycles. The Bertz CT molecular complexity index is 1140. The second kappa shape index (κ2) is 7.95. The van der Waals surface area contributed by atoms with Gasteiger partial charge >= 0.3 is 5.97 Å². The molecule has 1 aliphatic rings. The first kappa shape index (κ1) is 19.6. The third-order valence-electron chi connectivity index (χ3n) is 4.63. The van der Waals surface area contributed by atoms with Crippen molar-refractivity contribution in [1.82, 2.24) is 20.2 Å². The Morgan fingerprint density at radius 3 is 2.67 bits per heavy atom. The molecule has 0 fully saturated rings. The molecule has 1 N–H and O–H groups in total. The van der Waals surface area contributed by atoms with E-state index in [-0.39, 0.29) is 23.0 Å². The van der Waals surface area contributed by atoms with Crippen molar-refractivity contribution < 1.29 is 23.8 Å². The minimum Gasteiger partial charge on any atom is -0.497 e. The minimum atomic E-state index is -0.856. The van der Waals surface area contributed by atoms with Gasteiger partial charge in [-0.1, -0.05) is 11.2 Å². The van der Waals surface area contributed by atoms with Crippen LogP contribution in [0.2, 0.25) is 0 Å². The van der Waals surface area contributed by atoms with Gasteiger partial charge in [0.2, 0.25) is 11.7 Å². The number of ketones is 1. The van der Waals surface area contributed by atoms with Gasteiger partial charge in [-0.15, -0.1) is 11.3 Å². The van der Waals surface area contributed by atoms with Gasteiger partial charge in [0, 0.05) is 5.56 Å². The number of fused-ring (bicyclic) bond motifs is 1. The number of aromatic nitrogens is 4. The lowest BCUT2D eigenvalue weighted by Crippen LogP contribution is -2.33. The molecule has 0 saturated carbocycles. The maximum Gasteiger partial charge on any atom is 0.355 e. The summed E-state index contributed by atoms with van der Waals surface area (Å²) < 4.78 is 17.2. The van der Waals surface area contributed by atoms with Crippen LogP contribution in [0.3, 0.4) is 0 Å². The summed E-state index contributed by atoms with van der Waals surface area (Å²) in [7, 11) is 4.28. The first-order chi connectivity index (χ1) is 14.6. The average molecular weight is 427 g/mol. The van der Waals surface area contributed by atoms with Crippen LogP contribution in [-0.2, 0) is 9.53 Å². The van der Waals surface area contributed by atoms with Gasteiger partial charge < -0.3 is 19.5 Å². The van der Waals surface area contributed by atoms with Crippen LogP contribution in [0.15, 0.2) is 47.0 Å². The highest BCUT2D eigenvalue weighted by Gasteiger charge is 2.40. The van der Waals surface area contributed by atoms with Crippen LogP contribution in [0.1, 0.15) is 21.3 Å². The number of allylic oxidation sites excluding steroid dienone is 1. The van der Waals surface area contributed by atoms with Crippen LogP contribution in [0.25, 0.3) is 0 Å². The van der Waals surface area contributed by atoms with Gasteiger partial charge in [0.1, 0.15) is 23.2 Å². The summed E-state index contributed by atoms with van der Waals surface area (Å²) in [6, 6.07) is 7.75. The smallest absolute Gasteiger partial charge is 0.355 e. The van der Waals surface area contributed by atoms with Crippen molar-refractivity contribution in [2.45, 2.75) is 6.04 Å². The third kappa shape index (κ3) is 3.18. The molecule has 1 atom stereocenters. The van der Waals surface area contributed by atoms with E-state index in [1.54, 1.807) is 35.7 Å². The van der Waals surface area contributed by atoms with Crippen LogP contribution in [0, 0.1) is 0 Å². The maximum atomic E-state index is 13.5. The van der Waals surface area contributed by atoms with E-state index in [9.17, 15) is 9.59 Å². The SMILES string of the molecule is COC(=O)C1=C(C(=O)c2cccs2)[C@@H](c2cc(OC)ccc2OC)n2nnnc2N1. The summed E-state index contributed by atoms with van der Waals surface area (Å²) in [5.41, 5.74) is 0.650. The number of ether oxygens (including phenoxy) is 3. The summed E-state index contributed by atoms with van der Waals surface area (Å²) in [6.45, 7) is 0. The second-order valence-electron chi connectivity index (χ2n) is 6.17. The van der Waals surface area contributed by atoms with Gasteiger partial charge in [-0.3, -0.25) is 4.79 Å². The molecular formula is C19H17N5O5S. The number of nitrogens with one attached hydrogen (secondary N) is 1. The Labute approximate surface area is 175 Å². The van der Waals surface area contributed by atoms with Gasteiger partial charge in [0.05, 0.1) is 31.8 Å². The van der Waals surface area contributed by atoms with E-state index in [1.807, 2.05) is 0 Å². The molecule has 0 unspecified atom stereocenters. The van der Waals surface area contributed by atoms with Crippen LogP contribution < -0.4 is 14.8 Å². The molecule has 4 rings (SSSR count). The van der Waals surface area contributed by atoms with Crippen molar-refractivity contribution in [3.63, 3.8) is 0 Å². The summed E-state index contributed by atoms with van der Waals surface area (Å²) >= 11 is 1.26. The summed E-state index contributed by atoms with van der Waals surface area (Å²) in [6.07, 6.45) is 0. The van der Waals surface area contributed by atoms with Crippen LogP contribution >= 0.6 is 11.3 Å². The Balaban J connectivity index is 2.01. The van der Waals surface area contributed by atoms with E-state index in [0.717, 1.165) is 0 Å². The number of rotatable bonds is 6. The van der Waals surface area contributed by atoms with Gasteiger partial charge in [0.15, 0.2) is 0 Å². The van der Waals surface area contributed by atoms with Gasteiger partial charge in [-0.25, -0.2) is 4.79 Å². The van der Waals surface area contributed by atoms with Crippen molar-refractivity contribution in [3.8, 4) is 11.5 Å². The summed E-state index contributed by atoms with van der Waals surface area (Å²) in [4.78, 5) is 26.6. The molecule has 0 radical (unpaired) electrons. The number of esters is 1. The van der Waals surface area contributed by atoms with Gasteiger partial charge in [-0.05, 0) is 40.1 Å². The topological polar surface area (TPSA) is 117 Å². The third-order valence-corrected chi connectivity index (χ3v) is 5.50. The highest BCUT2D eigenvalue weighted by Crippen LogP contribution is 2.41. The van der Waals surface area contributed by atoms with Crippen LogP contribution in [-0.4, -0.2) is 53.3 Å². The Morgan fingerprint density at radius 1 is 1.17 bits per heavy atom. The molecule has 154 valence electrons. The summed E-state index contributed by atoms with van der Waals surface area (Å²) in [5.74, 6) is 0.143. The standard InChI is InChI=1S/C19H17N5O5S/c1-27-10-6-7-12(28-2)11(9-10)16-14(17(25)13-5-4-8-30-13)15(18(26)29-3)20-19-21-22-23-24(16)19/h4-9,16H,1-3H3,(H,20,21,23)/t16-/m1/s1. The zero-order chi connectivity index (χ0) is 21.3. The molecule has 0 aliphatic carbocycles.